The van der Waals surface area contributed by atoms with E-state index in [9.17, 15) is 19.2 Å². The van der Waals surface area contributed by atoms with E-state index >= 15 is 0 Å². The minimum atomic E-state index is -0.733. The Morgan fingerprint density at radius 2 is 1.69 bits per heavy atom. The fourth-order valence-corrected chi connectivity index (χ4v) is 10.7. The lowest BCUT2D eigenvalue weighted by Crippen LogP contribution is -2.54. The van der Waals surface area contributed by atoms with Gasteiger partial charge in [-0.1, -0.05) is 32.0 Å². The molecule has 3 aromatic carbocycles. The third-order valence-electron chi connectivity index (χ3n) is 13.6. The van der Waals surface area contributed by atoms with E-state index in [1.807, 2.05) is 56.7 Å². The molecule has 0 saturated carbocycles. The molecule has 0 radical (unpaired) electrons. The van der Waals surface area contributed by atoms with Crippen molar-refractivity contribution in [1.29, 1.82) is 0 Å². The molecule has 3 fully saturated rings. The number of hydrogen-bond donors (Lipinski definition) is 4. The molecule has 0 aliphatic carbocycles. The van der Waals surface area contributed by atoms with E-state index in [1.165, 1.54) is 30.1 Å². The first-order valence-electron chi connectivity index (χ1n) is 22.3. The summed E-state index contributed by atoms with van der Waals surface area (Å²) < 4.78 is 22.1. The van der Waals surface area contributed by atoms with E-state index in [0.29, 0.717) is 37.6 Å². The zero-order valence-corrected chi connectivity index (χ0v) is 39.1. The number of nitrogens with zero attached hydrogens (tertiary/aromatic N) is 4. The predicted octanol–water partition coefficient (Wildman–Crippen LogP) is 8.41. The summed E-state index contributed by atoms with van der Waals surface area (Å²) in [5, 5.41) is 7.59. The van der Waals surface area contributed by atoms with Crippen LogP contribution in [0.25, 0.3) is 44.2 Å². The molecule has 17 heteroatoms. The monoisotopic (exact) mass is 986 g/mol. The number of carbonyl (C=O) groups is 4. The summed E-state index contributed by atoms with van der Waals surface area (Å²) in [5.74, 6) is 1.69. The Morgan fingerprint density at radius 3 is 2.44 bits per heavy atom. The lowest BCUT2D eigenvalue weighted by Gasteiger charge is -2.38. The van der Waals surface area contributed by atoms with Crippen LogP contribution in [0, 0.1) is 11.8 Å². The molecule has 0 unspecified atom stereocenters. The number of H-pyrrole nitrogens is 2. The smallest absolute Gasteiger partial charge is 0.417 e. The molecule has 9 rings (SSSR count). The summed E-state index contributed by atoms with van der Waals surface area (Å²) in [4.78, 5) is 73.6. The Kier molecular flexibility index (Phi) is 12.2. The van der Waals surface area contributed by atoms with Crippen molar-refractivity contribution in [3.8, 4) is 28.1 Å². The van der Waals surface area contributed by atoms with Gasteiger partial charge in [-0.25, -0.2) is 19.6 Å². The second-order valence-electron chi connectivity index (χ2n) is 18.2. The highest BCUT2D eigenvalue weighted by Gasteiger charge is 2.43. The lowest BCUT2D eigenvalue weighted by atomic mass is 9.85. The van der Waals surface area contributed by atoms with Crippen molar-refractivity contribution >= 4 is 68.8 Å². The Balaban J connectivity index is 0.950. The SMILES string of the molecule is COC(=O)N[C@H](C(=O)N1CCC[C@H]1c1ncc(-c2ccc3c(c2)COc2cc4c(ccc5nc([C@@H]6CC[C@H](C)N6C(=O)[C@@H](NC(=O)OI)C(C)C)[nH]c54)cc2-3)[nH]1)C1C[C@@H](C)O[C@H](C)C1. The number of imidazole rings is 2. The van der Waals surface area contributed by atoms with Crippen molar-refractivity contribution in [1.82, 2.24) is 40.4 Å². The fourth-order valence-electron chi connectivity index (χ4n) is 10.5. The summed E-state index contributed by atoms with van der Waals surface area (Å²) in [7, 11) is 1.31. The van der Waals surface area contributed by atoms with Gasteiger partial charge in [0, 0.05) is 23.5 Å². The molecule has 6 heterocycles. The number of hydrogen-bond acceptors (Lipinski definition) is 10. The number of halogens is 1. The maximum atomic E-state index is 14.3. The Morgan fingerprint density at radius 1 is 0.891 bits per heavy atom. The fraction of sp³-hybridized carbons (Fsp3) is 0.489. The van der Waals surface area contributed by atoms with E-state index in [0.717, 1.165) is 81.2 Å². The molecule has 5 aromatic rings. The average molecular weight is 987 g/mol. The van der Waals surface area contributed by atoms with Crippen LogP contribution in [-0.2, 0) is 28.7 Å². The van der Waals surface area contributed by atoms with Gasteiger partial charge < -0.3 is 47.7 Å². The van der Waals surface area contributed by atoms with Crippen LogP contribution in [0.15, 0.2) is 48.7 Å². The Labute approximate surface area is 385 Å². The Bertz CT molecular complexity index is 2600. The first-order chi connectivity index (χ1) is 30.8. The second kappa shape index (κ2) is 17.9. The van der Waals surface area contributed by atoms with Gasteiger partial charge in [0.05, 0.1) is 54.3 Å². The molecule has 4 N–H and O–H groups in total. The summed E-state index contributed by atoms with van der Waals surface area (Å²) in [6.45, 7) is 10.8. The normalized spacial score (nSPS) is 23.9. The molecular weight excluding hydrogens is 931 g/mol. The summed E-state index contributed by atoms with van der Waals surface area (Å²) in [6, 6.07) is 12.6. The first kappa shape index (κ1) is 43.8. The molecule has 3 saturated heterocycles. The molecular formula is C47H55IN8O8. The van der Waals surface area contributed by atoms with Gasteiger partial charge in [-0.05, 0) is 117 Å². The molecule has 7 atom stereocenters. The van der Waals surface area contributed by atoms with Crippen LogP contribution in [-0.4, -0.2) is 97.7 Å². The topological polar surface area (TPSA) is 193 Å². The summed E-state index contributed by atoms with van der Waals surface area (Å²) in [6.07, 6.45) is 4.97. The molecule has 338 valence electrons. The van der Waals surface area contributed by atoms with Gasteiger partial charge in [-0.2, -0.15) is 0 Å². The minimum absolute atomic E-state index is 0.0236. The van der Waals surface area contributed by atoms with Crippen molar-refractivity contribution in [2.45, 2.75) is 122 Å². The molecule has 0 bridgehead atoms. The van der Waals surface area contributed by atoms with Crippen molar-refractivity contribution in [3.05, 3.63) is 65.9 Å². The molecule has 2 aromatic heterocycles. The van der Waals surface area contributed by atoms with Gasteiger partial charge in [0.15, 0.2) is 23.0 Å². The lowest BCUT2D eigenvalue weighted by molar-refractivity contribution is -0.139. The number of nitrogens with one attached hydrogen (secondary N) is 4. The van der Waals surface area contributed by atoms with Crippen molar-refractivity contribution in [3.63, 3.8) is 0 Å². The highest BCUT2D eigenvalue weighted by molar-refractivity contribution is 14.1. The number of rotatable bonds is 9. The molecule has 64 heavy (non-hydrogen) atoms. The number of amides is 4. The highest BCUT2D eigenvalue weighted by atomic mass is 127. The van der Waals surface area contributed by atoms with Crippen molar-refractivity contribution < 1.29 is 36.5 Å². The zero-order valence-electron chi connectivity index (χ0n) is 36.9. The standard InChI is InChI=1S/C47H55IN8O8/c1-23(2)39(53-47(60)64-48)45(58)56-24(3)9-14-37(56)43-50-34-13-11-27-19-33-31-12-10-28(18-30(31)22-62-38(33)20-32(27)41(34)52-43)35-21-49-42(51-35)36-8-7-15-55(36)44(57)40(54-46(59)61-6)29-16-25(4)63-26(5)17-29/h10-13,18-21,23-26,29,36-37,39-40H,7-9,14-17,22H2,1-6H3,(H,49,51)(H,50,52)(H,53,60)(H,54,59)/t24-,25+,26+,36-,37-,39-,40-/m0/s1. The van der Waals surface area contributed by atoms with E-state index < -0.39 is 24.3 Å². The predicted molar refractivity (Wildman–Crippen MR) is 247 cm³/mol. The number of methoxy groups -OCH3 is 1. The van der Waals surface area contributed by atoms with E-state index in [1.54, 1.807) is 0 Å². The van der Waals surface area contributed by atoms with Crippen LogP contribution >= 0.6 is 23.0 Å². The largest absolute Gasteiger partial charge is 0.488 e. The van der Waals surface area contributed by atoms with Crippen LogP contribution < -0.4 is 15.4 Å². The quantitative estimate of drug-likeness (QED) is 0.104. The van der Waals surface area contributed by atoms with Crippen LogP contribution in [0.3, 0.4) is 0 Å². The van der Waals surface area contributed by atoms with Gasteiger partial charge in [-0.3, -0.25) is 9.59 Å². The number of aromatic amines is 2. The van der Waals surface area contributed by atoms with Gasteiger partial charge in [0.1, 0.15) is 36.1 Å². The van der Waals surface area contributed by atoms with Gasteiger partial charge in [-0.15, -0.1) is 0 Å². The number of alkyl carbamates (subject to hydrolysis) is 1. The van der Waals surface area contributed by atoms with E-state index in [2.05, 4.69) is 57.0 Å². The molecule has 4 aliphatic heterocycles. The number of benzene rings is 3. The minimum Gasteiger partial charge on any atom is -0.488 e. The second-order valence-corrected chi connectivity index (χ2v) is 18.6. The maximum Gasteiger partial charge on any atom is 0.417 e. The molecule has 4 amide bonds. The van der Waals surface area contributed by atoms with Crippen LogP contribution in [0.5, 0.6) is 5.75 Å². The molecule has 0 spiro atoms. The third kappa shape index (κ3) is 8.24. The van der Waals surface area contributed by atoms with Crippen molar-refractivity contribution in [2.75, 3.05) is 13.7 Å². The Hall–Kier alpha value is -5.43. The van der Waals surface area contributed by atoms with Crippen LogP contribution in [0.2, 0.25) is 0 Å². The molecule has 16 nitrogen and oxygen atoms in total. The van der Waals surface area contributed by atoms with E-state index in [4.69, 9.17) is 27.2 Å². The van der Waals surface area contributed by atoms with E-state index in [-0.39, 0.29) is 54.0 Å². The number of carbonyl (C=O) groups excluding carboxylic acids is 4. The van der Waals surface area contributed by atoms with Gasteiger partial charge in [0.2, 0.25) is 11.8 Å². The van der Waals surface area contributed by atoms with Crippen molar-refractivity contribution in [2.24, 2.45) is 11.8 Å². The number of likely N-dealkylation sites (tertiary alicyclic amines) is 2. The summed E-state index contributed by atoms with van der Waals surface area (Å²) >= 11 is 1.52. The highest BCUT2D eigenvalue weighted by Crippen LogP contribution is 2.44. The summed E-state index contributed by atoms with van der Waals surface area (Å²) in [5.41, 5.74) is 6.59. The number of aromatic nitrogens is 4. The van der Waals surface area contributed by atoms with Crippen LogP contribution in [0.1, 0.15) is 102 Å². The number of fused-ring (bicyclic) bond motifs is 6. The van der Waals surface area contributed by atoms with Gasteiger partial charge in [0.25, 0.3) is 0 Å². The first-order valence-corrected chi connectivity index (χ1v) is 23.2. The third-order valence-corrected chi connectivity index (χ3v) is 14.0. The number of ether oxygens (including phenoxy) is 3. The molecule has 4 aliphatic rings. The van der Waals surface area contributed by atoms with Crippen LogP contribution in [0.4, 0.5) is 9.59 Å². The maximum absolute atomic E-state index is 14.3. The average Bonchev–Trinajstić information content (AvgIpc) is 4.12. The van der Waals surface area contributed by atoms with Gasteiger partial charge >= 0.3 is 12.2 Å². The zero-order chi connectivity index (χ0) is 45.0.